The molecule has 0 aliphatic rings. The molecule has 19 heavy (non-hydrogen) atoms. The molecule has 0 radical (unpaired) electrons. The number of nitrogen functional groups attached to an aromatic ring is 1. The summed E-state index contributed by atoms with van der Waals surface area (Å²) in [5, 5.41) is 0.277. The van der Waals surface area contributed by atoms with Crippen molar-refractivity contribution in [2.75, 3.05) is 46.3 Å². The van der Waals surface area contributed by atoms with Crippen LogP contribution in [0.4, 0.5) is 5.82 Å². The van der Waals surface area contributed by atoms with Crippen LogP contribution < -0.4 is 5.73 Å². The van der Waals surface area contributed by atoms with Crippen LogP contribution >= 0.6 is 11.6 Å². The highest BCUT2D eigenvalue weighted by atomic mass is 35.5. The number of amides is 1. The Hall–Kier alpha value is -1.37. The number of ether oxygens (including phenoxy) is 2. The van der Waals surface area contributed by atoms with Crippen molar-refractivity contribution in [3.8, 4) is 0 Å². The van der Waals surface area contributed by atoms with Crippen LogP contribution in [0.3, 0.4) is 0 Å². The van der Waals surface area contributed by atoms with Gasteiger partial charge < -0.3 is 20.1 Å². The Kier molecular flexibility index (Phi) is 6.55. The molecule has 1 rings (SSSR count). The summed E-state index contributed by atoms with van der Waals surface area (Å²) >= 11 is 5.98. The molecule has 0 unspecified atom stereocenters. The third-order valence-electron chi connectivity index (χ3n) is 2.49. The quantitative estimate of drug-likeness (QED) is 0.811. The number of halogens is 1. The summed E-state index contributed by atoms with van der Waals surface area (Å²) in [6.07, 6.45) is 0. The van der Waals surface area contributed by atoms with Crippen LogP contribution in [-0.4, -0.2) is 56.3 Å². The van der Waals surface area contributed by atoms with E-state index in [0.717, 1.165) is 0 Å². The molecule has 0 aromatic carbocycles. The smallest absolute Gasteiger partial charge is 0.274 e. The maximum absolute atomic E-state index is 12.3. The molecule has 0 aliphatic carbocycles. The fourth-order valence-electron chi connectivity index (χ4n) is 1.47. The van der Waals surface area contributed by atoms with Gasteiger partial charge in [0.1, 0.15) is 11.5 Å². The van der Waals surface area contributed by atoms with Gasteiger partial charge in [-0.2, -0.15) is 0 Å². The van der Waals surface area contributed by atoms with E-state index in [1.807, 2.05) is 0 Å². The molecule has 0 aliphatic heterocycles. The van der Waals surface area contributed by atoms with Crippen molar-refractivity contribution in [2.45, 2.75) is 0 Å². The molecule has 1 amide bonds. The van der Waals surface area contributed by atoms with Gasteiger partial charge in [-0.15, -0.1) is 0 Å². The topological polar surface area (TPSA) is 77.7 Å². The molecular formula is C12H18ClN3O3. The Morgan fingerprint density at radius 2 is 1.89 bits per heavy atom. The third-order valence-corrected chi connectivity index (χ3v) is 2.79. The van der Waals surface area contributed by atoms with Crippen molar-refractivity contribution in [1.29, 1.82) is 0 Å². The number of rotatable bonds is 7. The first kappa shape index (κ1) is 15.7. The summed E-state index contributed by atoms with van der Waals surface area (Å²) in [6.45, 7) is 1.72. The van der Waals surface area contributed by atoms with Crippen molar-refractivity contribution < 1.29 is 14.3 Å². The van der Waals surface area contributed by atoms with Crippen molar-refractivity contribution in [3.05, 3.63) is 22.8 Å². The van der Waals surface area contributed by atoms with Crippen molar-refractivity contribution in [3.63, 3.8) is 0 Å². The number of aromatic nitrogens is 1. The first-order chi connectivity index (χ1) is 9.10. The van der Waals surface area contributed by atoms with E-state index in [9.17, 15) is 4.79 Å². The summed E-state index contributed by atoms with van der Waals surface area (Å²) in [7, 11) is 3.15. The molecule has 106 valence electrons. The van der Waals surface area contributed by atoms with Crippen LogP contribution in [0.25, 0.3) is 0 Å². The molecule has 0 bridgehead atoms. The predicted molar refractivity (Wildman–Crippen MR) is 73.3 cm³/mol. The number of carbonyl (C=O) groups is 1. The van der Waals surface area contributed by atoms with E-state index in [2.05, 4.69) is 4.98 Å². The van der Waals surface area contributed by atoms with Gasteiger partial charge in [0.15, 0.2) is 0 Å². The predicted octanol–water partition coefficient (Wildman–Crippen LogP) is 1.05. The Morgan fingerprint density at radius 1 is 1.32 bits per heavy atom. The van der Waals surface area contributed by atoms with Crippen molar-refractivity contribution >= 4 is 23.3 Å². The van der Waals surface area contributed by atoms with Crippen molar-refractivity contribution in [1.82, 2.24) is 9.88 Å². The fraction of sp³-hybridized carbons (Fsp3) is 0.500. The Bertz CT molecular complexity index is 421. The molecule has 0 saturated heterocycles. The minimum Gasteiger partial charge on any atom is -0.384 e. The maximum Gasteiger partial charge on any atom is 0.274 e. The first-order valence-electron chi connectivity index (χ1n) is 5.79. The second-order valence-corrected chi connectivity index (χ2v) is 4.25. The van der Waals surface area contributed by atoms with E-state index in [0.29, 0.717) is 26.3 Å². The average molecular weight is 288 g/mol. The Balaban J connectivity index is 2.87. The van der Waals surface area contributed by atoms with E-state index in [1.165, 1.54) is 0 Å². The zero-order valence-corrected chi connectivity index (χ0v) is 11.8. The van der Waals surface area contributed by atoms with E-state index < -0.39 is 0 Å². The van der Waals surface area contributed by atoms with E-state index in [4.69, 9.17) is 26.8 Å². The summed E-state index contributed by atoms with van der Waals surface area (Å²) in [4.78, 5) is 17.9. The number of carbonyl (C=O) groups excluding carboxylic acids is 1. The maximum atomic E-state index is 12.3. The zero-order valence-electron chi connectivity index (χ0n) is 11.1. The normalized spacial score (nSPS) is 10.5. The zero-order chi connectivity index (χ0) is 14.3. The van der Waals surface area contributed by atoms with Gasteiger partial charge in [0, 0.05) is 27.3 Å². The lowest BCUT2D eigenvalue weighted by molar-refractivity contribution is 0.0622. The van der Waals surface area contributed by atoms with Crippen molar-refractivity contribution in [2.24, 2.45) is 0 Å². The van der Waals surface area contributed by atoms with Gasteiger partial charge in [0.05, 0.1) is 18.2 Å². The van der Waals surface area contributed by atoms with E-state index in [1.54, 1.807) is 31.3 Å². The van der Waals surface area contributed by atoms with E-state index in [-0.39, 0.29) is 22.4 Å². The molecule has 7 heteroatoms. The highest BCUT2D eigenvalue weighted by Gasteiger charge is 2.19. The average Bonchev–Trinajstić information content (AvgIpc) is 2.41. The van der Waals surface area contributed by atoms with Gasteiger partial charge in [0.25, 0.3) is 5.91 Å². The molecule has 1 aromatic heterocycles. The van der Waals surface area contributed by atoms with Crippen LogP contribution in [0.1, 0.15) is 10.5 Å². The molecule has 6 nitrogen and oxygen atoms in total. The van der Waals surface area contributed by atoms with Gasteiger partial charge in [0.2, 0.25) is 0 Å². The highest BCUT2D eigenvalue weighted by Crippen LogP contribution is 2.17. The molecule has 1 aromatic rings. The molecular weight excluding hydrogens is 270 g/mol. The summed E-state index contributed by atoms with van der Waals surface area (Å²) in [5.74, 6) is -0.0300. The minimum absolute atomic E-state index is 0.147. The Labute approximate surface area is 117 Å². The highest BCUT2D eigenvalue weighted by molar-refractivity contribution is 6.33. The molecule has 0 spiro atoms. The van der Waals surface area contributed by atoms with Crippen LogP contribution in [0.15, 0.2) is 12.1 Å². The third kappa shape index (κ3) is 4.66. The SMILES string of the molecule is COCCN(CCOC)C(=O)c1nc(N)ccc1Cl. The number of nitrogens with zero attached hydrogens (tertiary/aromatic N) is 2. The largest absolute Gasteiger partial charge is 0.384 e. The fourth-order valence-corrected chi connectivity index (χ4v) is 1.66. The molecule has 0 atom stereocenters. The number of hydrogen-bond acceptors (Lipinski definition) is 5. The lowest BCUT2D eigenvalue weighted by atomic mass is 10.3. The van der Waals surface area contributed by atoms with Gasteiger partial charge in [-0.05, 0) is 12.1 Å². The van der Waals surface area contributed by atoms with Crippen LogP contribution in [0, 0.1) is 0 Å². The summed E-state index contributed by atoms with van der Waals surface area (Å²) in [6, 6.07) is 3.11. The minimum atomic E-state index is -0.286. The number of nitrogens with two attached hydrogens (primary N) is 1. The van der Waals surface area contributed by atoms with Crippen LogP contribution in [-0.2, 0) is 9.47 Å². The Morgan fingerprint density at radius 3 is 2.42 bits per heavy atom. The van der Waals surface area contributed by atoms with Gasteiger partial charge in [-0.1, -0.05) is 11.6 Å². The van der Waals surface area contributed by atoms with Gasteiger partial charge in [-0.25, -0.2) is 4.98 Å². The number of anilines is 1. The second kappa shape index (κ2) is 7.93. The monoisotopic (exact) mass is 287 g/mol. The number of hydrogen-bond donors (Lipinski definition) is 1. The molecule has 0 fully saturated rings. The van der Waals surface area contributed by atoms with Gasteiger partial charge in [-0.3, -0.25) is 4.79 Å². The summed E-state index contributed by atoms with van der Waals surface area (Å²) in [5.41, 5.74) is 5.72. The first-order valence-corrected chi connectivity index (χ1v) is 6.17. The second-order valence-electron chi connectivity index (χ2n) is 3.84. The van der Waals surface area contributed by atoms with Crippen LogP contribution in [0.2, 0.25) is 5.02 Å². The number of pyridine rings is 1. The molecule has 0 saturated carbocycles. The lowest BCUT2D eigenvalue weighted by Crippen LogP contribution is -2.37. The van der Waals surface area contributed by atoms with Crippen LogP contribution in [0.5, 0.6) is 0 Å². The molecule has 1 heterocycles. The molecule has 2 N–H and O–H groups in total. The standard InChI is InChI=1S/C12H18ClN3O3/c1-18-7-5-16(6-8-19-2)12(17)11-9(13)3-4-10(14)15-11/h3-4H,5-8H2,1-2H3,(H2,14,15). The van der Waals surface area contributed by atoms with E-state index >= 15 is 0 Å². The van der Waals surface area contributed by atoms with Gasteiger partial charge >= 0.3 is 0 Å². The lowest BCUT2D eigenvalue weighted by Gasteiger charge is -2.22. The summed E-state index contributed by atoms with van der Waals surface area (Å²) < 4.78 is 9.96. The number of methoxy groups -OCH3 is 2.